The molecule has 7 heteroatoms. The molecule has 0 atom stereocenters. The monoisotopic (exact) mass is 431 g/mol. The van der Waals surface area contributed by atoms with Crippen molar-refractivity contribution in [3.63, 3.8) is 0 Å². The minimum atomic E-state index is 0.164. The zero-order valence-electron chi connectivity index (χ0n) is 18.2. The molecule has 2 aromatic carbocycles. The van der Waals surface area contributed by atoms with Gasteiger partial charge in [-0.1, -0.05) is 42.5 Å². The van der Waals surface area contributed by atoms with E-state index >= 15 is 0 Å². The highest BCUT2D eigenvalue weighted by Crippen LogP contribution is 2.37. The first-order valence-corrected chi connectivity index (χ1v) is 11.5. The Morgan fingerprint density at radius 2 is 1.75 bits per heavy atom. The van der Waals surface area contributed by atoms with Crippen molar-refractivity contribution in [2.24, 2.45) is 5.92 Å². The quantitative estimate of drug-likeness (QED) is 0.607. The number of nitrogens with one attached hydrogen (secondary N) is 2. The first-order chi connectivity index (χ1) is 15.8. The van der Waals surface area contributed by atoms with Gasteiger partial charge in [-0.25, -0.2) is 0 Å². The van der Waals surface area contributed by atoms with Crippen LogP contribution in [0.2, 0.25) is 0 Å². The van der Waals surface area contributed by atoms with Gasteiger partial charge in [-0.3, -0.25) is 14.3 Å². The van der Waals surface area contributed by atoms with Crippen molar-refractivity contribution in [2.75, 3.05) is 31.5 Å². The van der Waals surface area contributed by atoms with Gasteiger partial charge in [0.25, 0.3) is 0 Å². The van der Waals surface area contributed by atoms with Crippen LogP contribution >= 0.6 is 0 Å². The van der Waals surface area contributed by atoms with E-state index in [9.17, 15) is 9.59 Å². The van der Waals surface area contributed by atoms with Gasteiger partial charge >= 0.3 is 0 Å². The van der Waals surface area contributed by atoms with Gasteiger partial charge in [0.15, 0.2) is 0 Å². The van der Waals surface area contributed by atoms with E-state index in [4.69, 9.17) is 5.10 Å². The molecule has 5 rings (SSSR count). The number of carbonyl (C=O) groups excluding carboxylic acids is 2. The van der Waals surface area contributed by atoms with Crippen LogP contribution in [-0.2, 0) is 9.59 Å². The smallest absolute Gasteiger partial charge is 0.225 e. The molecule has 1 aromatic heterocycles. The SMILES string of the molecule is O=CNc1cccc2c(-c3ccccc3)n(C3CCN(C(=O)C4CCNCC4)CC3)nc12. The second kappa shape index (κ2) is 9.12. The van der Waals surface area contributed by atoms with Crippen LogP contribution in [0.5, 0.6) is 0 Å². The van der Waals surface area contributed by atoms with Gasteiger partial charge in [-0.15, -0.1) is 0 Å². The molecule has 3 aromatic rings. The summed E-state index contributed by atoms with van der Waals surface area (Å²) in [6.45, 7) is 3.39. The Labute approximate surface area is 187 Å². The first-order valence-electron chi connectivity index (χ1n) is 11.5. The van der Waals surface area contributed by atoms with Crippen LogP contribution in [-0.4, -0.2) is 53.2 Å². The summed E-state index contributed by atoms with van der Waals surface area (Å²) in [5.41, 5.74) is 3.68. The van der Waals surface area contributed by atoms with Crippen LogP contribution in [0.4, 0.5) is 5.69 Å². The molecule has 32 heavy (non-hydrogen) atoms. The number of hydrogen-bond acceptors (Lipinski definition) is 4. The van der Waals surface area contributed by atoms with Gasteiger partial charge in [0.05, 0.1) is 17.4 Å². The molecule has 0 saturated carbocycles. The average Bonchev–Trinajstić information content (AvgIpc) is 3.26. The molecule has 3 heterocycles. The third kappa shape index (κ3) is 3.88. The molecule has 2 aliphatic rings. The number of aromatic nitrogens is 2. The van der Waals surface area contributed by atoms with Crippen LogP contribution in [0.1, 0.15) is 31.7 Å². The van der Waals surface area contributed by atoms with Crippen molar-refractivity contribution in [1.29, 1.82) is 0 Å². The minimum absolute atomic E-state index is 0.164. The summed E-state index contributed by atoms with van der Waals surface area (Å²) in [6, 6.07) is 16.4. The molecular formula is C25H29N5O2. The molecule has 0 aliphatic carbocycles. The van der Waals surface area contributed by atoms with E-state index in [1.807, 2.05) is 30.3 Å². The minimum Gasteiger partial charge on any atom is -0.342 e. The fraction of sp³-hybridized carbons (Fsp3) is 0.400. The van der Waals surface area contributed by atoms with Gasteiger partial charge in [-0.2, -0.15) is 5.10 Å². The van der Waals surface area contributed by atoms with Crippen molar-refractivity contribution < 1.29 is 9.59 Å². The molecule has 0 unspecified atom stereocenters. The maximum atomic E-state index is 13.0. The summed E-state index contributed by atoms with van der Waals surface area (Å²) in [5, 5.41) is 12.1. The Bertz CT molecular complexity index is 1100. The zero-order valence-corrected chi connectivity index (χ0v) is 18.2. The summed E-state index contributed by atoms with van der Waals surface area (Å²) in [7, 11) is 0. The van der Waals surface area contributed by atoms with E-state index in [1.165, 1.54) is 0 Å². The number of piperidine rings is 2. The number of carbonyl (C=O) groups is 2. The third-order valence-electron chi connectivity index (χ3n) is 6.80. The Kier molecular flexibility index (Phi) is 5.90. The van der Waals surface area contributed by atoms with E-state index in [1.54, 1.807) is 0 Å². The summed E-state index contributed by atoms with van der Waals surface area (Å²) in [6.07, 6.45) is 4.32. The summed E-state index contributed by atoms with van der Waals surface area (Å²) in [4.78, 5) is 26.2. The molecule has 0 bridgehead atoms. The van der Waals surface area contributed by atoms with Gasteiger partial charge in [0.2, 0.25) is 12.3 Å². The fourth-order valence-corrected chi connectivity index (χ4v) is 5.11. The topological polar surface area (TPSA) is 79.3 Å². The zero-order chi connectivity index (χ0) is 21.9. The van der Waals surface area contributed by atoms with Crippen LogP contribution in [0.15, 0.2) is 48.5 Å². The lowest BCUT2D eigenvalue weighted by Gasteiger charge is -2.35. The molecule has 2 fully saturated rings. The van der Waals surface area contributed by atoms with Crippen LogP contribution in [0.3, 0.4) is 0 Å². The highest BCUT2D eigenvalue weighted by atomic mass is 16.2. The number of anilines is 1. The fourth-order valence-electron chi connectivity index (χ4n) is 5.11. The molecular weight excluding hydrogens is 402 g/mol. The largest absolute Gasteiger partial charge is 0.342 e. The molecule has 2 aliphatic heterocycles. The van der Waals surface area contributed by atoms with Crippen LogP contribution in [0, 0.1) is 5.92 Å². The number of likely N-dealkylation sites (tertiary alicyclic amines) is 1. The Balaban J connectivity index is 1.44. The lowest BCUT2D eigenvalue weighted by Crippen LogP contribution is -2.45. The molecule has 166 valence electrons. The predicted octanol–water partition coefficient (Wildman–Crippen LogP) is 3.43. The first kappa shape index (κ1) is 20.7. The Hall–Kier alpha value is -3.19. The van der Waals surface area contributed by atoms with E-state index < -0.39 is 0 Å². The van der Waals surface area contributed by atoms with Crippen molar-refractivity contribution in [3.8, 4) is 11.3 Å². The normalized spacial score (nSPS) is 18.1. The molecule has 0 radical (unpaired) electrons. The number of nitrogens with zero attached hydrogens (tertiary/aromatic N) is 3. The Morgan fingerprint density at radius 3 is 2.47 bits per heavy atom. The molecule has 7 nitrogen and oxygen atoms in total. The number of fused-ring (bicyclic) bond motifs is 1. The lowest BCUT2D eigenvalue weighted by atomic mass is 9.94. The highest BCUT2D eigenvalue weighted by Gasteiger charge is 2.31. The molecule has 2 N–H and O–H groups in total. The summed E-state index contributed by atoms with van der Waals surface area (Å²) < 4.78 is 2.13. The van der Waals surface area contributed by atoms with Crippen LogP contribution < -0.4 is 10.6 Å². The summed E-state index contributed by atoms with van der Waals surface area (Å²) >= 11 is 0. The van der Waals surface area contributed by atoms with Gasteiger partial charge in [-0.05, 0) is 44.8 Å². The maximum absolute atomic E-state index is 13.0. The van der Waals surface area contributed by atoms with Crippen LogP contribution in [0.25, 0.3) is 22.2 Å². The number of hydrogen-bond donors (Lipinski definition) is 2. The van der Waals surface area contributed by atoms with Gasteiger partial charge in [0.1, 0.15) is 5.52 Å². The number of rotatable bonds is 5. The van der Waals surface area contributed by atoms with Gasteiger partial charge < -0.3 is 15.5 Å². The predicted molar refractivity (Wildman–Crippen MR) is 125 cm³/mol. The second-order valence-electron chi connectivity index (χ2n) is 8.70. The number of amides is 2. The van der Waals surface area contributed by atoms with E-state index in [0.717, 1.165) is 74.0 Å². The average molecular weight is 432 g/mol. The van der Waals surface area contributed by atoms with Crippen molar-refractivity contribution in [2.45, 2.75) is 31.7 Å². The highest BCUT2D eigenvalue weighted by molar-refractivity contribution is 6.01. The van der Waals surface area contributed by atoms with Crippen molar-refractivity contribution in [1.82, 2.24) is 20.0 Å². The lowest BCUT2D eigenvalue weighted by molar-refractivity contribution is -0.137. The van der Waals surface area contributed by atoms with E-state index in [0.29, 0.717) is 18.0 Å². The number of benzene rings is 2. The molecule has 0 spiro atoms. The summed E-state index contributed by atoms with van der Waals surface area (Å²) in [5.74, 6) is 0.480. The second-order valence-corrected chi connectivity index (χ2v) is 8.70. The van der Waals surface area contributed by atoms with E-state index in [2.05, 4.69) is 38.4 Å². The molecule has 2 amide bonds. The van der Waals surface area contributed by atoms with E-state index in [-0.39, 0.29) is 12.0 Å². The Morgan fingerprint density at radius 1 is 1.00 bits per heavy atom. The van der Waals surface area contributed by atoms with Crippen molar-refractivity contribution >= 4 is 28.9 Å². The van der Waals surface area contributed by atoms with Gasteiger partial charge in [0, 0.05) is 30.0 Å². The maximum Gasteiger partial charge on any atom is 0.225 e. The third-order valence-corrected chi connectivity index (χ3v) is 6.80. The standard InChI is InChI=1S/C25H29N5O2/c31-17-27-22-8-4-7-21-23(22)28-30(24(21)18-5-2-1-3-6-18)20-11-15-29(16-12-20)25(32)19-9-13-26-14-10-19/h1-8,17,19-20,26H,9-16H2,(H,27,31). The van der Waals surface area contributed by atoms with Crippen molar-refractivity contribution in [3.05, 3.63) is 48.5 Å². The molecule has 2 saturated heterocycles.